The number of nitrogens with zero attached hydrogens (tertiary/aromatic N) is 3. The highest BCUT2D eigenvalue weighted by Crippen LogP contribution is 2.34. The molecular formula is C12H17N3O. The number of carbonyl (C=O) groups is 1. The van der Waals surface area contributed by atoms with E-state index in [9.17, 15) is 4.79 Å². The van der Waals surface area contributed by atoms with Crippen LogP contribution >= 0.6 is 0 Å². The molecule has 4 nitrogen and oxygen atoms in total. The second-order valence-corrected chi connectivity index (χ2v) is 4.98. The number of aromatic nitrogens is 2. The third kappa shape index (κ3) is 1.67. The molecule has 2 aliphatic heterocycles. The summed E-state index contributed by atoms with van der Waals surface area (Å²) in [5.41, 5.74) is 1.12. The zero-order valence-corrected chi connectivity index (χ0v) is 9.59. The molecule has 0 radical (unpaired) electrons. The van der Waals surface area contributed by atoms with E-state index in [-0.39, 0.29) is 0 Å². The molecule has 2 bridgehead atoms. The van der Waals surface area contributed by atoms with E-state index in [1.54, 1.807) is 0 Å². The Bertz CT molecular complexity index is 396. The minimum absolute atomic E-state index is 0.449. The van der Waals surface area contributed by atoms with Crippen LogP contribution < -0.4 is 0 Å². The average molecular weight is 219 g/mol. The maximum absolute atomic E-state index is 11.5. The van der Waals surface area contributed by atoms with Gasteiger partial charge in [0.05, 0.1) is 5.69 Å². The van der Waals surface area contributed by atoms with Gasteiger partial charge in [-0.25, -0.2) is 0 Å². The Morgan fingerprint density at radius 2 is 2.06 bits per heavy atom. The topological polar surface area (TPSA) is 38.1 Å². The van der Waals surface area contributed by atoms with Crippen LogP contribution in [0.25, 0.3) is 0 Å². The van der Waals surface area contributed by atoms with Gasteiger partial charge in [-0.15, -0.1) is 0 Å². The van der Waals surface area contributed by atoms with E-state index in [1.807, 2.05) is 17.9 Å². The zero-order chi connectivity index (χ0) is 11.1. The molecule has 16 heavy (non-hydrogen) atoms. The maximum Gasteiger partial charge on any atom is 0.136 e. The van der Waals surface area contributed by atoms with Crippen LogP contribution in [-0.4, -0.2) is 32.5 Å². The molecule has 2 aliphatic rings. The first-order chi connectivity index (χ1) is 7.72. The highest BCUT2D eigenvalue weighted by Gasteiger charge is 2.39. The van der Waals surface area contributed by atoms with E-state index in [4.69, 9.17) is 0 Å². The van der Waals surface area contributed by atoms with Crippen molar-refractivity contribution < 1.29 is 4.79 Å². The number of hydrogen-bond donors (Lipinski definition) is 0. The molecule has 3 heterocycles. The Labute approximate surface area is 95.2 Å². The fourth-order valence-electron chi connectivity index (χ4n) is 3.05. The number of carbonyl (C=O) groups excluding carboxylic acids is 1. The summed E-state index contributed by atoms with van der Waals surface area (Å²) < 4.78 is 1.84. The standard InChI is InChI=1S/C12H17N3O/c1-14-5-4-9(13-14)8-15-10-2-3-11(15)7-12(16)6-10/h4-5,10-11H,2-3,6-8H2,1H3. The third-order valence-corrected chi connectivity index (χ3v) is 3.81. The first-order valence-corrected chi connectivity index (χ1v) is 5.98. The second-order valence-electron chi connectivity index (χ2n) is 4.98. The summed E-state index contributed by atoms with van der Waals surface area (Å²) in [6, 6.07) is 3.03. The SMILES string of the molecule is Cn1ccc(CN2C3CCC2CC(=O)C3)n1. The number of ketones is 1. The number of hydrogen-bond acceptors (Lipinski definition) is 3. The van der Waals surface area contributed by atoms with Crippen molar-refractivity contribution in [2.45, 2.75) is 44.3 Å². The van der Waals surface area contributed by atoms with Gasteiger partial charge in [0.15, 0.2) is 0 Å². The van der Waals surface area contributed by atoms with Crippen molar-refractivity contribution in [3.63, 3.8) is 0 Å². The first-order valence-electron chi connectivity index (χ1n) is 5.98. The van der Waals surface area contributed by atoms with Crippen molar-refractivity contribution in [3.05, 3.63) is 18.0 Å². The number of rotatable bonds is 2. The molecule has 0 N–H and O–H groups in total. The molecule has 1 aromatic heterocycles. The van der Waals surface area contributed by atoms with Crippen LogP contribution in [0.4, 0.5) is 0 Å². The van der Waals surface area contributed by atoms with E-state index in [0.29, 0.717) is 17.9 Å². The molecule has 86 valence electrons. The van der Waals surface area contributed by atoms with E-state index >= 15 is 0 Å². The summed E-state index contributed by atoms with van der Waals surface area (Å²) >= 11 is 0. The fraction of sp³-hybridized carbons (Fsp3) is 0.667. The molecule has 4 heteroatoms. The second kappa shape index (κ2) is 3.70. The van der Waals surface area contributed by atoms with Crippen LogP contribution in [-0.2, 0) is 18.4 Å². The lowest BCUT2D eigenvalue weighted by atomic mass is 10.0. The summed E-state index contributed by atoms with van der Waals surface area (Å²) in [6.45, 7) is 0.906. The van der Waals surface area contributed by atoms with Crippen LogP contribution in [0, 0.1) is 0 Å². The third-order valence-electron chi connectivity index (χ3n) is 3.81. The van der Waals surface area contributed by atoms with Crippen molar-refractivity contribution in [1.29, 1.82) is 0 Å². The van der Waals surface area contributed by atoms with Crippen LogP contribution in [0.5, 0.6) is 0 Å². The largest absolute Gasteiger partial charge is 0.300 e. The minimum atomic E-state index is 0.449. The van der Waals surface area contributed by atoms with Gasteiger partial charge in [0, 0.05) is 44.7 Å². The van der Waals surface area contributed by atoms with Crippen molar-refractivity contribution in [1.82, 2.24) is 14.7 Å². The zero-order valence-electron chi connectivity index (χ0n) is 9.59. The lowest BCUT2D eigenvalue weighted by Crippen LogP contribution is -2.42. The molecule has 0 aromatic carbocycles. The Morgan fingerprint density at radius 1 is 1.38 bits per heavy atom. The molecule has 0 amide bonds. The molecule has 3 rings (SSSR count). The molecule has 1 aromatic rings. The van der Waals surface area contributed by atoms with Crippen molar-refractivity contribution in [3.8, 4) is 0 Å². The van der Waals surface area contributed by atoms with Gasteiger partial charge in [0.25, 0.3) is 0 Å². The van der Waals surface area contributed by atoms with Gasteiger partial charge in [-0.05, 0) is 18.9 Å². The summed E-state index contributed by atoms with van der Waals surface area (Å²) in [4.78, 5) is 14.0. The van der Waals surface area contributed by atoms with Gasteiger partial charge >= 0.3 is 0 Å². The van der Waals surface area contributed by atoms with Crippen LogP contribution in [0.3, 0.4) is 0 Å². The van der Waals surface area contributed by atoms with Gasteiger partial charge in [0.2, 0.25) is 0 Å². The predicted molar refractivity (Wildman–Crippen MR) is 59.8 cm³/mol. The Morgan fingerprint density at radius 3 is 2.62 bits per heavy atom. The Hall–Kier alpha value is -1.16. The van der Waals surface area contributed by atoms with Crippen molar-refractivity contribution >= 4 is 5.78 Å². The predicted octanol–water partition coefficient (Wildman–Crippen LogP) is 1.12. The average Bonchev–Trinajstić information content (AvgIpc) is 2.72. The summed E-state index contributed by atoms with van der Waals surface area (Å²) in [6.07, 6.45) is 5.85. The van der Waals surface area contributed by atoms with E-state index in [0.717, 1.165) is 25.1 Å². The summed E-state index contributed by atoms with van der Waals surface area (Å²) in [5, 5.41) is 4.41. The molecule has 2 unspecified atom stereocenters. The van der Waals surface area contributed by atoms with E-state index < -0.39 is 0 Å². The van der Waals surface area contributed by atoms with Crippen molar-refractivity contribution in [2.24, 2.45) is 7.05 Å². The van der Waals surface area contributed by atoms with E-state index in [1.165, 1.54) is 12.8 Å². The highest BCUT2D eigenvalue weighted by molar-refractivity contribution is 5.80. The monoisotopic (exact) mass is 219 g/mol. The van der Waals surface area contributed by atoms with Gasteiger partial charge in [0.1, 0.15) is 5.78 Å². The number of fused-ring (bicyclic) bond motifs is 2. The maximum atomic E-state index is 11.5. The van der Waals surface area contributed by atoms with Crippen LogP contribution in [0.2, 0.25) is 0 Å². The molecule has 2 atom stereocenters. The normalized spacial score (nSPS) is 29.9. The molecule has 2 saturated heterocycles. The summed E-state index contributed by atoms with van der Waals surface area (Å²) in [5.74, 6) is 0.449. The summed E-state index contributed by atoms with van der Waals surface area (Å²) in [7, 11) is 1.94. The lowest BCUT2D eigenvalue weighted by molar-refractivity contribution is -0.123. The van der Waals surface area contributed by atoms with Crippen LogP contribution in [0.1, 0.15) is 31.4 Å². The highest BCUT2D eigenvalue weighted by atomic mass is 16.1. The van der Waals surface area contributed by atoms with E-state index in [2.05, 4.69) is 16.1 Å². The first kappa shape index (κ1) is 10.0. The van der Waals surface area contributed by atoms with Gasteiger partial charge in [-0.2, -0.15) is 5.10 Å². The van der Waals surface area contributed by atoms with Crippen LogP contribution in [0.15, 0.2) is 12.3 Å². The molecule has 0 saturated carbocycles. The van der Waals surface area contributed by atoms with Gasteiger partial charge < -0.3 is 0 Å². The molecule has 0 spiro atoms. The number of Topliss-reactive ketones (excluding diaryl/α,β-unsaturated/α-hetero) is 1. The number of aryl methyl sites for hydroxylation is 1. The minimum Gasteiger partial charge on any atom is -0.300 e. The quantitative estimate of drug-likeness (QED) is 0.748. The molecular weight excluding hydrogens is 202 g/mol. The molecule has 0 aliphatic carbocycles. The lowest BCUT2D eigenvalue weighted by Gasteiger charge is -2.33. The smallest absolute Gasteiger partial charge is 0.136 e. The molecule has 2 fully saturated rings. The number of piperidine rings is 1. The fourth-order valence-corrected chi connectivity index (χ4v) is 3.05. The van der Waals surface area contributed by atoms with Crippen molar-refractivity contribution in [2.75, 3.05) is 0 Å². The van der Waals surface area contributed by atoms with Gasteiger partial charge in [-0.3, -0.25) is 14.4 Å². The Balaban J connectivity index is 1.74. The van der Waals surface area contributed by atoms with Gasteiger partial charge in [-0.1, -0.05) is 0 Å². The Kier molecular flexibility index (Phi) is 2.32.